The molecule has 0 radical (unpaired) electrons. The van der Waals surface area contributed by atoms with Gasteiger partial charge in [-0.15, -0.1) is 0 Å². The zero-order valence-electron chi connectivity index (χ0n) is 9.94. The third-order valence-electron chi connectivity index (χ3n) is 2.12. The average Bonchev–Trinajstić information content (AvgIpc) is 2.25. The maximum atomic E-state index is 11.3. The molecule has 0 spiro atoms. The summed E-state index contributed by atoms with van der Waals surface area (Å²) in [6.45, 7) is 4.68. The molecule has 0 bridgehead atoms. The average molecular weight is 217 g/mol. The fourth-order valence-electron chi connectivity index (χ4n) is 1.37. The van der Waals surface area contributed by atoms with E-state index in [-0.39, 0.29) is 5.91 Å². The standard InChI is InChI=1S/C14H19NO/c1-12(2)11-14(16)15-10-6-9-13-7-4-3-5-8-13/h3-9,12H,10-11H2,1-2H3,(H,15,16). The van der Waals surface area contributed by atoms with Crippen LogP contribution < -0.4 is 5.32 Å². The molecule has 0 aliphatic rings. The van der Waals surface area contributed by atoms with Crippen molar-refractivity contribution in [2.24, 2.45) is 5.92 Å². The van der Waals surface area contributed by atoms with E-state index >= 15 is 0 Å². The molecule has 0 atom stereocenters. The number of benzene rings is 1. The Morgan fingerprint density at radius 3 is 2.62 bits per heavy atom. The van der Waals surface area contributed by atoms with E-state index in [1.165, 1.54) is 0 Å². The summed E-state index contributed by atoms with van der Waals surface area (Å²) in [5.41, 5.74) is 1.15. The number of hydrogen-bond acceptors (Lipinski definition) is 1. The van der Waals surface area contributed by atoms with Crippen molar-refractivity contribution in [2.75, 3.05) is 6.54 Å². The molecule has 1 aromatic rings. The smallest absolute Gasteiger partial charge is 0.220 e. The van der Waals surface area contributed by atoms with Gasteiger partial charge in [-0.25, -0.2) is 0 Å². The molecule has 1 amide bonds. The van der Waals surface area contributed by atoms with E-state index in [4.69, 9.17) is 0 Å². The molecule has 86 valence electrons. The van der Waals surface area contributed by atoms with Crippen LogP contribution in [0.4, 0.5) is 0 Å². The Labute approximate surface area is 97.4 Å². The molecule has 1 aromatic carbocycles. The Balaban J connectivity index is 2.25. The first-order chi connectivity index (χ1) is 7.68. The van der Waals surface area contributed by atoms with Gasteiger partial charge >= 0.3 is 0 Å². The first kappa shape index (κ1) is 12.5. The van der Waals surface area contributed by atoms with Crippen LogP contribution in [0.25, 0.3) is 6.08 Å². The van der Waals surface area contributed by atoms with Gasteiger partial charge in [-0.05, 0) is 11.5 Å². The highest BCUT2D eigenvalue weighted by atomic mass is 16.1. The van der Waals surface area contributed by atoms with Gasteiger partial charge in [-0.2, -0.15) is 0 Å². The minimum absolute atomic E-state index is 0.118. The molecule has 0 fully saturated rings. The van der Waals surface area contributed by atoms with Crippen molar-refractivity contribution < 1.29 is 4.79 Å². The van der Waals surface area contributed by atoms with Gasteiger partial charge in [0.05, 0.1) is 0 Å². The summed E-state index contributed by atoms with van der Waals surface area (Å²) in [5, 5.41) is 2.86. The van der Waals surface area contributed by atoms with Crippen LogP contribution in [0.5, 0.6) is 0 Å². The third-order valence-corrected chi connectivity index (χ3v) is 2.12. The molecule has 16 heavy (non-hydrogen) atoms. The zero-order valence-corrected chi connectivity index (χ0v) is 9.94. The molecule has 1 rings (SSSR count). The van der Waals surface area contributed by atoms with E-state index in [0.29, 0.717) is 18.9 Å². The Hall–Kier alpha value is -1.57. The fraction of sp³-hybridized carbons (Fsp3) is 0.357. The summed E-state index contributed by atoms with van der Waals surface area (Å²) in [7, 11) is 0. The summed E-state index contributed by atoms with van der Waals surface area (Å²) in [6.07, 6.45) is 4.57. The number of carbonyl (C=O) groups is 1. The largest absolute Gasteiger partial charge is 0.353 e. The van der Waals surface area contributed by atoms with Crippen LogP contribution in [0, 0.1) is 5.92 Å². The van der Waals surface area contributed by atoms with Crippen molar-refractivity contribution in [1.82, 2.24) is 5.32 Å². The van der Waals surface area contributed by atoms with Crippen LogP contribution in [0.3, 0.4) is 0 Å². The van der Waals surface area contributed by atoms with Crippen molar-refractivity contribution in [2.45, 2.75) is 20.3 Å². The quantitative estimate of drug-likeness (QED) is 0.807. The van der Waals surface area contributed by atoms with Crippen molar-refractivity contribution in [3.63, 3.8) is 0 Å². The molecule has 0 saturated heterocycles. The second-order valence-electron chi connectivity index (χ2n) is 4.22. The fourth-order valence-corrected chi connectivity index (χ4v) is 1.37. The predicted octanol–water partition coefficient (Wildman–Crippen LogP) is 2.86. The van der Waals surface area contributed by atoms with Crippen LogP contribution in [0.2, 0.25) is 0 Å². The second-order valence-corrected chi connectivity index (χ2v) is 4.22. The van der Waals surface area contributed by atoms with Gasteiger partial charge in [-0.1, -0.05) is 56.3 Å². The van der Waals surface area contributed by atoms with Crippen LogP contribution >= 0.6 is 0 Å². The van der Waals surface area contributed by atoms with Gasteiger partial charge in [0.25, 0.3) is 0 Å². The Morgan fingerprint density at radius 1 is 1.31 bits per heavy atom. The number of rotatable bonds is 5. The second kappa shape index (κ2) is 6.83. The first-order valence-electron chi connectivity index (χ1n) is 5.67. The summed E-state index contributed by atoms with van der Waals surface area (Å²) in [5.74, 6) is 0.533. The number of carbonyl (C=O) groups excluding carboxylic acids is 1. The third kappa shape index (κ3) is 5.35. The Bertz CT molecular complexity index is 341. The highest BCUT2D eigenvalue weighted by molar-refractivity contribution is 5.76. The van der Waals surface area contributed by atoms with Gasteiger partial charge in [0.1, 0.15) is 0 Å². The molecule has 0 heterocycles. The molecule has 0 aliphatic carbocycles. The van der Waals surface area contributed by atoms with E-state index in [2.05, 4.69) is 5.32 Å². The Morgan fingerprint density at radius 2 is 2.00 bits per heavy atom. The van der Waals surface area contributed by atoms with Gasteiger partial charge in [0.2, 0.25) is 5.91 Å². The maximum absolute atomic E-state index is 11.3. The van der Waals surface area contributed by atoms with Gasteiger partial charge in [0, 0.05) is 13.0 Å². The van der Waals surface area contributed by atoms with Crippen molar-refractivity contribution in [3.8, 4) is 0 Å². The summed E-state index contributed by atoms with van der Waals surface area (Å²) in [4.78, 5) is 11.3. The lowest BCUT2D eigenvalue weighted by Gasteiger charge is -2.04. The molecule has 0 saturated carbocycles. The molecule has 0 aliphatic heterocycles. The zero-order chi connectivity index (χ0) is 11.8. The van der Waals surface area contributed by atoms with Crippen LogP contribution in [-0.2, 0) is 4.79 Å². The molecular formula is C14H19NO. The van der Waals surface area contributed by atoms with Crippen molar-refractivity contribution >= 4 is 12.0 Å². The minimum atomic E-state index is 0.118. The van der Waals surface area contributed by atoms with E-state index in [9.17, 15) is 4.79 Å². The van der Waals surface area contributed by atoms with E-state index in [1.54, 1.807) is 0 Å². The monoisotopic (exact) mass is 217 g/mol. The molecule has 2 heteroatoms. The predicted molar refractivity (Wildman–Crippen MR) is 67.9 cm³/mol. The van der Waals surface area contributed by atoms with Crippen LogP contribution in [0.15, 0.2) is 36.4 Å². The highest BCUT2D eigenvalue weighted by Gasteiger charge is 2.01. The van der Waals surface area contributed by atoms with Gasteiger partial charge in [0.15, 0.2) is 0 Å². The van der Waals surface area contributed by atoms with Gasteiger partial charge in [-0.3, -0.25) is 4.79 Å². The normalized spacial score (nSPS) is 10.9. The number of nitrogens with one attached hydrogen (secondary N) is 1. The topological polar surface area (TPSA) is 29.1 Å². The molecule has 1 N–H and O–H groups in total. The van der Waals surface area contributed by atoms with Crippen LogP contribution in [0.1, 0.15) is 25.8 Å². The molecule has 2 nitrogen and oxygen atoms in total. The molecule has 0 aromatic heterocycles. The van der Waals surface area contributed by atoms with Crippen molar-refractivity contribution in [1.29, 1.82) is 0 Å². The first-order valence-corrected chi connectivity index (χ1v) is 5.67. The molecular weight excluding hydrogens is 198 g/mol. The number of hydrogen-bond donors (Lipinski definition) is 1. The van der Waals surface area contributed by atoms with E-state index < -0.39 is 0 Å². The van der Waals surface area contributed by atoms with Crippen LogP contribution in [-0.4, -0.2) is 12.5 Å². The lowest BCUT2D eigenvalue weighted by atomic mass is 10.1. The van der Waals surface area contributed by atoms with Gasteiger partial charge < -0.3 is 5.32 Å². The SMILES string of the molecule is CC(C)CC(=O)NCC=Cc1ccccc1. The lowest BCUT2D eigenvalue weighted by molar-refractivity contribution is -0.121. The maximum Gasteiger partial charge on any atom is 0.220 e. The Kier molecular flexibility index (Phi) is 5.34. The lowest BCUT2D eigenvalue weighted by Crippen LogP contribution is -2.24. The number of amides is 1. The van der Waals surface area contributed by atoms with E-state index in [1.807, 2.05) is 56.3 Å². The minimum Gasteiger partial charge on any atom is -0.353 e. The van der Waals surface area contributed by atoms with Crippen molar-refractivity contribution in [3.05, 3.63) is 42.0 Å². The summed E-state index contributed by atoms with van der Waals surface area (Å²) >= 11 is 0. The summed E-state index contributed by atoms with van der Waals surface area (Å²) < 4.78 is 0. The summed E-state index contributed by atoms with van der Waals surface area (Å²) in [6, 6.07) is 10.1. The van der Waals surface area contributed by atoms with E-state index in [0.717, 1.165) is 5.56 Å². The highest BCUT2D eigenvalue weighted by Crippen LogP contribution is 2.00. The molecule has 0 unspecified atom stereocenters.